The molecule has 2 rings (SSSR count). The van der Waals surface area contributed by atoms with Crippen LogP contribution in [0.2, 0.25) is 0 Å². The summed E-state index contributed by atoms with van der Waals surface area (Å²) < 4.78 is 0. The lowest BCUT2D eigenvalue weighted by Gasteiger charge is -2.09. The van der Waals surface area contributed by atoms with Gasteiger partial charge in [-0.05, 0) is 36.1 Å². The van der Waals surface area contributed by atoms with Gasteiger partial charge >= 0.3 is 0 Å². The van der Waals surface area contributed by atoms with E-state index in [1.165, 1.54) is 23.8 Å². The highest BCUT2D eigenvalue weighted by Crippen LogP contribution is 2.24. The number of fused-ring (bicyclic) bond motifs is 1. The number of hydrogen-bond donors (Lipinski definition) is 0. The maximum absolute atomic E-state index is 11.6. The summed E-state index contributed by atoms with van der Waals surface area (Å²) >= 11 is 0. The van der Waals surface area contributed by atoms with Crippen LogP contribution in [0.4, 0.5) is 0 Å². The quantitative estimate of drug-likeness (QED) is 0.707. The van der Waals surface area contributed by atoms with Crippen molar-refractivity contribution >= 4 is 16.6 Å². The third kappa shape index (κ3) is 2.38. The van der Waals surface area contributed by atoms with Crippen molar-refractivity contribution in [2.24, 2.45) is 0 Å². The van der Waals surface area contributed by atoms with Crippen LogP contribution in [0, 0.1) is 0 Å². The summed E-state index contributed by atoms with van der Waals surface area (Å²) in [7, 11) is 0. The molecule has 0 unspecified atom stereocenters. The number of unbranched alkanes of at least 4 members (excludes halogenated alkanes) is 1. The van der Waals surface area contributed by atoms with E-state index in [0.717, 1.165) is 17.4 Å². The first-order valence-electron chi connectivity index (χ1n) is 6.25. The molecule has 17 heavy (non-hydrogen) atoms. The fourth-order valence-electron chi connectivity index (χ4n) is 2.25. The second kappa shape index (κ2) is 5.13. The Morgan fingerprint density at radius 2 is 1.76 bits per heavy atom. The molecule has 0 saturated carbocycles. The van der Waals surface area contributed by atoms with Gasteiger partial charge in [-0.3, -0.25) is 4.79 Å². The lowest BCUT2D eigenvalue weighted by molar-refractivity contribution is 0.101. The van der Waals surface area contributed by atoms with E-state index in [1.807, 2.05) is 24.3 Å². The second-order valence-corrected chi connectivity index (χ2v) is 4.48. The van der Waals surface area contributed by atoms with Gasteiger partial charge in [-0.2, -0.15) is 0 Å². The molecule has 0 atom stereocenters. The smallest absolute Gasteiger partial charge is 0.160 e. The average molecular weight is 226 g/mol. The van der Waals surface area contributed by atoms with E-state index in [4.69, 9.17) is 0 Å². The van der Waals surface area contributed by atoms with E-state index in [1.54, 1.807) is 6.92 Å². The molecule has 0 N–H and O–H groups in total. The Hall–Kier alpha value is -1.63. The van der Waals surface area contributed by atoms with E-state index in [-0.39, 0.29) is 5.78 Å². The average Bonchev–Trinajstić information content (AvgIpc) is 2.35. The number of aryl methyl sites for hydroxylation is 1. The lowest BCUT2D eigenvalue weighted by atomic mass is 9.95. The van der Waals surface area contributed by atoms with Crippen LogP contribution in [-0.2, 0) is 6.42 Å². The first kappa shape index (κ1) is 11.8. The van der Waals surface area contributed by atoms with Crippen LogP contribution in [0.15, 0.2) is 36.4 Å². The summed E-state index contributed by atoms with van der Waals surface area (Å²) in [5.41, 5.74) is 2.19. The van der Waals surface area contributed by atoms with Gasteiger partial charge in [0.15, 0.2) is 5.78 Å². The molecular formula is C16H18O. The molecule has 0 aliphatic heterocycles. The van der Waals surface area contributed by atoms with Crippen LogP contribution >= 0.6 is 0 Å². The molecule has 2 aromatic carbocycles. The number of carbonyl (C=O) groups excluding carboxylic acids is 1. The highest BCUT2D eigenvalue weighted by molar-refractivity contribution is 6.07. The molecule has 0 aromatic heterocycles. The molecule has 0 amide bonds. The lowest BCUT2D eigenvalue weighted by Crippen LogP contribution is -1.96. The molecule has 0 heterocycles. The van der Waals surface area contributed by atoms with Crippen LogP contribution in [0.3, 0.4) is 0 Å². The first-order chi connectivity index (χ1) is 8.24. The van der Waals surface area contributed by atoms with E-state index < -0.39 is 0 Å². The highest BCUT2D eigenvalue weighted by atomic mass is 16.1. The van der Waals surface area contributed by atoms with Gasteiger partial charge < -0.3 is 0 Å². The van der Waals surface area contributed by atoms with Gasteiger partial charge in [0, 0.05) is 5.56 Å². The minimum Gasteiger partial charge on any atom is -0.294 e. The summed E-state index contributed by atoms with van der Waals surface area (Å²) in [5, 5.41) is 2.32. The largest absolute Gasteiger partial charge is 0.294 e. The third-order valence-electron chi connectivity index (χ3n) is 3.19. The predicted octanol–water partition coefficient (Wildman–Crippen LogP) is 4.39. The van der Waals surface area contributed by atoms with E-state index >= 15 is 0 Å². The molecule has 0 saturated heterocycles. The SMILES string of the molecule is CCCCc1ccc(C(C)=O)c2ccccc12. The number of carbonyl (C=O) groups is 1. The third-order valence-corrected chi connectivity index (χ3v) is 3.19. The molecule has 0 aliphatic carbocycles. The summed E-state index contributed by atoms with van der Waals surface area (Å²) in [5.74, 6) is 0.142. The topological polar surface area (TPSA) is 17.1 Å². The first-order valence-corrected chi connectivity index (χ1v) is 6.25. The Morgan fingerprint density at radius 1 is 1.06 bits per heavy atom. The van der Waals surface area contributed by atoms with Crippen molar-refractivity contribution in [1.29, 1.82) is 0 Å². The molecule has 1 heteroatoms. The van der Waals surface area contributed by atoms with Crippen molar-refractivity contribution < 1.29 is 4.79 Å². The normalized spacial score (nSPS) is 10.7. The molecule has 2 aromatic rings. The minimum atomic E-state index is 0.142. The Labute approximate surface area is 102 Å². The van der Waals surface area contributed by atoms with Crippen LogP contribution in [0.1, 0.15) is 42.6 Å². The van der Waals surface area contributed by atoms with Crippen molar-refractivity contribution in [2.45, 2.75) is 33.1 Å². The van der Waals surface area contributed by atoms with Gasteiger partial charge in [0.05, 0.1) is 0 Å². The molecule has 0 bridgehead atoms. The zero-order valence-corrected chi connectivity index (χ0v) is 10.5. The zero-order valence-electron chi connectivity index (χ0n) is 10.5. The van der Waals surface area contributed by atoms with Crippen molar-refractivity contribution in [2.75, 3.05) is 0 Å². The molecule has 0 fully saturated rings. The van der Waals surface area contributed by atoms with E-state index in [0.29, 0.717) is 0 Å². The van der Waals surface area contributed by atoms with Gasteiger partial charge in [0.25, 0.3) is 0 Å². The maximum Gasteiger partial charge on any atom is 0.160 e. The van der Waals surface area contributed by atoms with Crippen LogP contribution in [-0.4, -0.2) is 5.78 Å². The fourth-order valence-corrected chi connectivity index (χ4v) is 2.25. The minimum absolute atomic E-state index is 0.142. The Kier molecular flexibility index (Phi) is 3.58. The Balaban J connectivity index is 2.58. The fraction of sp³-hybridized carbons (Fsp3) is 0.312. The van der Waals surface area contributed by atoms with E-state index in [9.17, 15) is 4.79 Å². The number of benzene rings is 2. The van der Waals surface area contributed by atoms with E-state index in [2.05, 4.69) is 19.1 Å². The van der Waals surface area contributed by atoms with Gasteiger partial charge in [-0.25, -0.2) is 0 Å². The maximum atomic E-state index is 11.6. The molecule has 88 valence electrons. The number of Topliss-reactive ketones (excluding diaryl/α,β-unsaturated/α-hetero) is 1. The Morgan fingerprint density at radius 3 is 2.41 bits per heavy atom. The molecule has 0 aliphatic rings. The van der Waals surface area contributed by atoms with Crippen LogP contribution in [0.25, 0.3) is 10.8 Å². The summed E-state index contributed by atoms with van der Waals surface area (Å²) in [4.78, 5) is 11.6. The van der Waals surface area contributed by atoms with Gasteiger partial charge in [0.2, 0.25) is 0 Å². The molecule has 1 nitrogen and oxygen atoms in total. The predicted molar refractivity (Wildman–Crippen MR) is 72.6 cm³/mol. The van der Waals surface area contributed by atoms with Gasteiger partial charge in [-0.1, -0.05) is 49.7 Å². The number of rotatable bonds is 4. The van der Waals surface area contributed by atoms with Crippen molar-refractivity contribution in [1.82, 2.24) is 0 Å². The van der Waals surface area contributed by atoms with Crippen LogP contribution < -0.4 is 0 Å². The summed E-state index contributed by atoms with van der Waals surface area (Å²) in [6.45, 7) is 3.83. The zero-order chi connectivity index (χ0) is 12.3. The molecule has 0 radical (unpaired) electrons. The summed E-state index contributed by atoms with van der Waals surface area (Å²) in [6, 6.07) is 12.3. The molecule has 0 spiro atoms. The van der Waals surface area contributed by atoms with Gasteiger partial charge in [0.1, 0.15) is 0 Å². The highest BCUT2D eigenvalue weighted by Gasteiger charge is 2.08. The van der Waals surface area contributed by atoms with Gasteiger partial charge in [-0.15, -0.1) is 0 Å². The summed E-state index contributed by atoms with van der Waals surface area (Å²) in [6.07, 6.45) is 3.49. The monoisotopic (exact) mass is 226 g/mol. The Bertz CT molecular complexity index is 540. The van der Waals surface area contributed by atoms with Crippen molar-refractivity contribution in [3.8, 4) is 0 Å². The number of hydrogen-bond acceptors (Lipinski definition) is 1. The van der Waals surface area contributed by atoms with Crippen molar-refractivity contribution in [3.63, 3.8) is 0 Å². The van der Waals surface area contributed by atoms with Crippen molar-refractivity contribution in [3.05, 3.63) is 47.5 Å². The van der Waals surface area contributed by atoms with Crippen LogP contribution in [0.5, 0.6) is 0 Å². The number of ketones is 1. The standard InChI is InChI=1S/C16H18O/c1-3-4-7-13-10-11-14(12(2)17)16-9-6-5-8-15(13)16/h5-6,8-11H,3-4,7H2,1-2H3. The second-order valence-electron chi connectivity index (χ2n) is 4.48. The molecular weight excluding hydrogens is 208 g/mol.